The van der Waals surface area contributed by atoms with Crippen LogP contribution in [-0.4, -0.2) is 36.8 Å². The molecule has 332 valence electrons. The van der Waals surface area contributed by atoms with Crippen molar-refractivity contribution in [2.45, 2.75) is 9.79 Å². The van der Waals surface area contributed by atoms with Crippen LogP contribution in [0.1, 0.15) is 11.4 Å². The van der Waals surface area contributed by atoms with E-state index in [0.29, 0.717) is 36.4 Å². The molecule has 64 heavy (non-hydrogen) atoms. The van der Waals surface area contributed by atoms with Crippen molar-refractivity contribution in [3.05, 3.63) is 123 Å². The first kappa shape index (κ1) is 44.4. The van der Waals surface area contributed by atoms with Gasteiger partial charge in [-0.2, -0.15) is 0 Å². The summed E-state index contributed by atoms with van der Waals surface area (Å²) in [5, 5.41) is 0. The van der Waals surface area contributed by atoms with Crippen LogP contribution in [0.3, 0.4) is 0 Å². The van der Waals surface area contributed by atoms with Crippen molar-refractivity contribution in [3.63, 3.8) is 0 Å². The molecule has 27 heteroatoms. The summed E-state index contributed by atoms with van der Waals surface area (Å²) in [6.45, 7) is 0. The van der Waals surface area contributed by atoms with Crippen LogP contribution in [0.4, 0.5) is 65.9 Å². The fraction of sp³-hybridized carbons (Fsp3) is 0. The van der Waals surface area contributed by atoms with Gasteiger partial charge in [0.25, 0.3) is 18.1 Å². The summed E-state index contributed by atoms with van der Waals surface area (Å²) < 4.78 is 279. The highest BCUT2D eigenvalue weighted by Gasteiger charge is 2.35. The van der Waals surface area contributed by atoms with Gasteiger partial charge in [-0.15, -0.1) is 0 Å². The Balaban J connectivity index is 1.78. The van der Waals surface area contributed by atoms with Gasteiger partial charge in [-0.05, 0) is 36.4 Å². The molecule has 8 rings (SSSR count). The number of benzene rings is 3. The zero-order chi connectivity index (χ0) is 47.0. The van der Waals surface area contributed by atoms with E-state index in [1.165, 1.54) is 0 Å². The van der Waals surface area contributed by atoms with Gasteiger partial charge in [-0.1, -0.05) is 0 Å². The van der Waals surface area contributed by atoms with Crippen LogP contribution in [0.2, 0.25) is 0 Å². The maximum absolute atomic E-state index is 15.8. The van der Waals surface area contributed by atoms with Gasteiger partial charge in [0.1, 0.15) is 9.79 Å². The highest BCUT2D eigenvalue weighted by atomic mass is 35.7. The normalized spacial score (nSPS) is 12.6. The molecule has 1 aliphatic rings. The monoisotopic (exact) mass is 992 g/mol. The molecule has 0 atom stereocenters. The third-order valence-electron chi connectivity index (χ3n) is 9.63. The lowest BCUT2D eigenvalue weighted by atomic mass is 10.0. The standard InChI is InChI=1S/C37H9Cl2F15N4O4S2/c38-63(59,60)13-5-11-16(19-23(42)29(48)34(53)30(49)24(19)43)9-2-1-7(55-9)15(18-21(40)27(46)33(52)28(47)22(18)41)8-3-4-10(56-8)17(20-25(44)31(50)35(54)32(51)26(20)45)37-14(64(39,61)62)6-12(58-37)36(13)57-11/h1-6,55,57-58H. The minimum absolute atomic E-state index is 0.345. The van der Waals surface area contributed by atoms with E-state index in [4.69, 9.17) is 21.4 Å². The fourth-order valence-corrected chi connectivity index (χ4v) is 8.96. The fourth-order valence-electron chi connectivity index (χ4n) is 6.91. The maximum Gasteiger partial charge on any atom is 0.263 e. The quantitative estimate of drug-likeness (QED) is 0.0685. The lowest BCUT2D eigenvalue weighted by molar-refractivity contribution is 0.381. The van der Waals surface area contributed by atoms with E-state index < -0.39 is 193 Å². The van der Waals surface area contributed by atoms with E-state index >= 15 is 26.3 Å². The highest BCUT2D eigenvalue weighted by molar-refractivity contribution is 8.14. The van der Waals surface area contributed by atoms with E-state index in [9.17, 15) is 56.3 Å². The summed E-state index contributed by atoms with van der Waals surface area (Å²) in [6, 6.07) is 1.95. The number of aromatic nitrogens is 4. The van der Waals surface area contributed by atoms with E-state index in [1.54, 1.807) is 0 Å². The molecule has 0 unspecified atom stereocenters. The average Bonchev–Trinajstić information content (AvgIpc) is 4.07. The molecule has 8 nitrogen and oxygen atoms in total. The Bertz CT molecular complexity index is 3620. The second-order valence-corrected chi connectivity index (χ2v) is 18.2. The van der Waals surface area contributed by atoms with Gasteiger partial charge >= 0.3 is 0 Å². The second kappa shape index (κ2) is 15.0. The number of rotatable bonds is 5. The first-order valence-electron chi connectivity index (χ1n) is 16.6. The van der Waals surface area contributed by atoms with Crippen molar-refractivity contribution in [2.24, 2.45) is 0 Å². The number of nitrogens with zero attached hydrogens (tertiary/aromatic N) is 1. The second-order valence-electron chi connectivity index (χ2n) is 13.2. The number of nitrogens with one attached hydrogen (secondary N) is 3. The van der Waals surface area contributed by atoms with Gasteiger partial charge < -0.3 is 15.0 Å². The Hall–Kier alpha value is -6.18. The van der Waals surface area contributed by atoms with Crippen LogP contribution >= 0.6 is 21.4 Å². The lowest BCUT2D eigenvalue weighted by Gasteiger charge is -2.11. The first-order chi connectivity index (χ1) is 29.8. The Morgan fingerprint density at radius 3 is 1.09 bits per heavy atom. The van der Waals surface area contributed by atoms with E-state index in [2.05, 4.69) is 19.9 Å². The summed E-state index contributed by atoms with van der Waals surface area (Å²) in [5.41, 5.74) is -18.5. The van der Waals surface area contributed by atoms with Gasteiger partial charge in [0, 0.05) is 49.1 Å². The van der Waals surface area contributed by atoms with Gasteiger partial charge in [-0.25, -0.2) is 87.7 Å². The Kier molecular flexibility index (Phi) is 10.4. The molecular formula is C37H9Cl2F15N4O4S2. The largest absolute Gasteiger partial charge is 0.354 e. The van der Waals surface area contributed by atoms with Crippen LogP contribution < -0.4 is 0 Å². The molecule has 0 radical (unpaired) electrons. The minimum atomic E-state index is -5.42. The Morgan fingerprint density at radius 1 is 0.359 bits per heavy atom. The molecule has 3 aromatic carbocycles. The van der Waals surface area contributed by atoms with Crippen molar-refractivity contribution >= 4 is 84.7 Å². The van der Waals surface area contributed by atoms with Crippen molar-refractivity contribution in [1.29, 1.82) is 0 Å². The van der Waals surface area contributed by atoms with Crippen molar-refractivity contribution in [1.82, 2.24) is 19.9 Å². The van der Waals surface area contributed by atoms with Crippen LogP contribution in [0.25, 0.3) is 78.6 Å². The lowest BCUT2D eigenvalue weighted by Crippen LogP contribution is -2.06. The highest BCUT2D eigenvalue weighted by Crippen LogP contribution is 2.44. The van der Waals surface area contributed by atoms with E-state index in [1.807, 2.05) is 0 Å². The molecule has 5 heterocycles. The number of hydrogen-bond donors (Lipinski definition) is 3. The third-order valence-corrected chi connectivity index (χ3v) is 12.3. The molecule has 0 fully saturated rings. The molecule has 7 aromatic rings. The summed E-state index contributed by atoms with van der Waals surface area (Å²) in [7, 11) is 0.593. The molecule has 0 amide bonds. The van der Waals surface area contributed by atoms with Crippen LogP contribution in [0.5, 0.6) is 0 Å². The van der Waals surface area contributed by atoms with Gasteiger partial charge in [0.2, 0.25) is 17.5 Å². The van der Waals surface area contributed by atoms with Crippen LogP contribution in [0.15, 0.2) is 34.1 Å². The molecule has 0 saturated heterocycles. The number of hydrogen-bond acceptors (Lipinski definition) is 5. The Labute approximate surface area is 352 Å². The molecule has 8 bridgehead atoms. The maximum atomic E-state index is 15.8. The first-order valence-corrected chi connectivity index (χ1v) is 21.3. The molecular weight excluding hydrogens is 984 g/mol. The van der Waals surface area contributed by atoms with Crippen molar-refractivity contribution in [2.75, 3.05) is 0 Å². The number of fused-ring (bicyclic) bond motifs is 9. The zero-order valence-corrected chi connectivity index (χ0v) is 32.9. The van der Waals surface area contributed by atoms with Gasteiger partial charge in [0.05, 0.1) is 50.1 Å². The Morgan fingerprint density at radius 2 is 0.672 bits per heavy atom. The summed E-state index contributed by atoms with van der Waals surface area (Å²) in [4.78, 5) is 7.75. The predicted octanol–water partition coefficient (Wildman–Crippen LogP) is 11.6. The van der Waals surface area contributed by atoms with E-state index in [0.717, 1.165) is 0 Å². The van der Waals surface area contributed by atoms with Gasteiger partial charge in [0.15, 0.2) is 69.8 Å². The molecule has 0 saturated carbocycles. The molecule has 0 aliphatic carbocycles. The van der Waals surface area contributed by atoms with E-state index in [-0.39, 0.29) is 0 Å². The number of H-pyrrole nitrogens is 3. The van der Waals surface area contributed by atoms with Crippen LogP contribution in [-0.2, 0) is 18.1 Å². The summed E-state index contributed by atoms with van der Waals surface area (Å²) >= 11 is 0. The molecule has 3 N–H and O–H groups in total. The summed E-state index contributed by atoms with van der Waals surface area (Å²) in [6.07, 6.45) is 1.09. The average molecular weight is 994 g/mol. The summed E-state index contributed by atoms with van der Waals surface area (Å²) in [5.74, 6) is -40.0. The topological polar surface area (TPSA) is 129 Å². The third kappa shape index (κ3) is 6.57. The zero-order valence-electron chi connectivity index (χ0n) is 29.8. The smallest absolute Gasteiger partial charge is 0.263 e. The van der Waals surface area contributed by atoms with Crippen molar-refractivity contribution in [3.8, 4) is 33.4 Å². The molecule has 1 aliphatic heterocycles. The molecule has 4 aromatic heterocycles. The predicted molar refractivity (Wildman–Crippen MR) is 197 cm³/mol. The van der Waals surface area contributed by atoms with Gasteiger partial charge in [-0.3, -0.25) is 0 Å². The number of aromatic amines is 3. The SMILES string of the molecule is O=S(=O)(Cl)c1cc2[nH]c1c(-c1c(F)c(F)c(F)c(F)c1F)c1nc(c(-c3c(F)c(F)c(F)c(F)c3F)c3ccc([nH]3)c(-c3c(F)c(F)c(F)c(F)c3F)c3cc(S(=O)(=O)Cl)c2[nH]3)C=C1. The molecule has 0 spiro atoms. The number of halogens is 17. The van der Waals surface area contributed by atoms with Crippen LogP contribution in [0, 0.1) is 87.3 Å². The minimum Gasteiger partial charge on any atom is -0.354 e. The van der Waals surface area contributed by atoms with Crippen molar-refractivity contribution < 1.29 is 82.7 Å².